The third kappa shape index (κ3) is 6.46. The predicted octanol–water partition coefficient (Wildman–Crippen LogP) is 4.98. The number of rotatable bonds is 9. The number of thioether (sulfide) groups is 1. The Morgan fingerprint density at radius 3 is 2.71 bits per heavy atom. The molecule has 2 amide bonds. The largest absolute Gasteiger partial charge is 0.494 e. The molecule has 1 aliphatic rings. The van der Waals surface area contributed by atoms with Crippen LogP contribution in [0.15, 0.2) is 24.3 Å². The highest BCUT2D eigenvalue weighted by atomic mass is 32.2. The summed E-state index contributed by atoms with van der Waals surface area (Å²) in [6.45, 7) is 7.56. The third-order valence-corrected chi connectivity index (χ3v) is 7.16. The van der Waals surface area contributed by atoms with Gasteiger partial charge in [0, 0.05) is 23.0 Å². The molecule has 6 nitrogen and oxygen atoms in total. The Kier molecular flexibility index (Phi) is 8.78. The molecule has 2 aromatic rings. The second-order valence-electron chi connectivity index (χ2n) is 7.57. The summed E-state index contributed by atoms with van der Waals surface area (Å²) < 4.78 is 5.49. The van der Waals surface area contributed by atoms with Gasteiger partial charge in [0.05, 0.1) is 23.8 Å². The zero-order chi connectivity index (χ0) is 22.2. The van der Waals surface area contributed by atoms with E-state index < -0.39 is 0 Å². The molecule has 0 spiro atoms. The van der Waals surface area contributed by atoms with Crippen molar-refractivity contribution in [3.63, 3.8) is 0 Å². The lowest BCUT2D eigenvalue weighted by Crippen LogP contribution is -2.44. The number of anilines is 1. The molecule has 168 valence electrons. The van der Waals surface area contributed by atoms with Crippen molar-refractivity contribution in [2.75, 3.05) is 30.0 Å². The van der Waals surface area contributed by atoms with Gasteiger partial charge in [0.2, 0.25) is 11.8 Å². The van der Waals surface area contributed by atoms with E-state index in [1.54, 1.807) is 0 Å². The van der Waals surface area contributed by atoms with Gasteiger partial charge in [-0.15, -0.1) is 23.1 Å². The van der Waals surface area contributed by atoms with Gasteiger partial charge in [-0.2, -0.15) is 0 Å². The molecule has 31 heavy (non-hydrogen) atoms. The molecule has 0 aliphatic carbocycles. The number of aryl methyl sites for hydroxylation is 1. The van der Waals surface area contributed by atoms with E-state index >= 15 is 0 Å². The second-order valence-corrected chi connectivity index (χ2v) is 9.76. The van der Waals surface area contributed by atoms with Crippen LogP contribution in [0.3, 0.4) is 0 Å². The van der Waals surface area contributed by atoms with Crippen LogP contribution in [-0.4, -0.2) is 52.4 Å². The molecule has 1 aromatic carbocycles. The highest BCUT2D eigenvalue weighted by molar-refractivity contribution is 8.00. The monoisotopic (exact) mass is 461 g/mol. The van der Waals surface area contributed by atoms with Crippen LogP contribution in [0.4, 0.5) is 5.13 Å². The van der Waals surface area contributed by atoms with Crippen LogP contribution in [0.5, 0.6) is 5.75 Å². The maximum absolute atomic E-state index is 12.5. The number of hydrogen-bond acceptors (Lipinski definition) is 6. The van der Waals surface area contributed by atoms with Crippen LogP contribution in [-0.2, 0) is 9.59 Å². The number of piperidine rings is 1. The Labute approximate surface area is 192 Å². The summed E-state index contributed by atoms with van der Waals surface area (Å²) in [5.74, 6) is 1.43. The number of hydrogen-bond donors (Lipinski definition) is 1. The van der Waals surface area contributed by atoms with Crippen molar-refractivity contribution in [2.24, 2.45) is 0 Å². The Balaban J connectivity index is 1.49. The van der Waals surface area contributed by atoms with Crippen molar-refractivity contribution in [1.82, 2.24) is 9.88 Å². The van der Waals surface area contributed by atoms with Crippen LogP contribution in [0.2, 0.25) is 0 Å². The number of amides is 2. The first kappa shape index (κ1) is 23.6. The van der Waals surface area contributed by atoms with E-state index in [0.717, 1.165) is 47.7 Å². The summed E-state index contributed by atoms with van der Waals surface area (Å²) in [4.78, 5) is 32.5. The highest BCUT2D eigenvalue weighted by Gasteiger charge is 2.25. The van der Waals surface area contributed by atoms with Gasteiger partial charge in [-0.25, -0.2) is 4.98 Å². The molecule has 1 fully saturated rings. The van der Waals surface area contributed by atoms with Crippen LogP contribution < -0.4 is 10.1 Å². The number of aromatic nitrogens is 1. The van der Waals surface area contributed by atoms with Crippen LogP contribution in [0.25, 0.3) is 11.3 Å². The smallest absolute Gasteiger partial charge is 0.236 e. The summed E-state index contributed by atoms with van der Waals surface area (Å²) in [6.07, 6.45) is 4.36. The van der Waals surface area contributed by atoms with Gasteiger partial charge >= 0.3 is 0 Å². The summed E-state index contributed by atoms with van der Waals surface area (Å²) >= 11 is 2.83. The summed E-state index contributed by atoms with van der Waals surface area (Å²) in [5, 5.41) is 3.46. The fourth-order valence-electron chi connectivity index (χ4n) is 3.82. The van der Waals surface area contributed by atoms with E-state index in [2.05, 4.69) is 17.2 Å². The van der Waals surface area contributed by atoms with Crippen molar-refractivity contribution in [3.05, 3.63) is 29.1 Å². The molecule has 1 atom stereocenters. The number of likely N-dealkylation sites (tertiary alicyclic amines) is 1. The van der Waals surface area contributed by atoms with Crippen molar-refractivity contribution in [3.8, 4) is 17.0 Å². The normalized spacial score (nSPS) is 16.2. The zero-order valence-corrected chi connectivity index (χ0v) is 20.1. The van der Waals surface area contributed by atoms with Gasteiger partial charge in [0.1, 0.15) is 5.75 Å². The van der Waals surface area contributed by atoms with E-state index in [9.17, 15) is 9.59 Å². The maximum atomic E-state index is 12.5. The number of ether oxygens (including phenoxy) is 1. The molecule has 1 aliphatic heterocycles. The van der Waals surface area contributed by atoms with Gasteiger partial charge in [0.25, 0.3) is 0 Å². The first-order valence-corrected chi connectivity index (χ1v) is 12.9. The molecule has 1 saturated heterocycles. The second kappa shape index (κ2) is 11.5. The molecule has 1 unspecified atom stereocenters. The van der Waals surface area contributed by atoms with Crippen LogP contribution in [0.1, 0.15) is 44.4 Å². The zero-order valence-electron chi connectivity index (χ0n) is 18.5. The molecule has 0 radical (unpaired) electrons. The van der Waals surface area contributed by atoms with Gasteiger partial charge in [-0.1, -0.05) is 6.92 Å². The lowest BCUT2D eigenvalue weighted by molar-refractivity contribution is -0.132. The summed E-state index contributed by atoms with van der Waals surface area (Å²) in [6, 6.07) is 8.16. The number of nitrogens with zero attached hydrogens (tertiary/aromatic N) is 2. The molecule has 0 saturated carbocycles. The summed E-state index contributed by atoms with van der Waals surface area (Å²) in [7, 11) is 0. The van der Waals surface area contributed by atoms with Crippen molar-refractivity contribution in [1.29, 1.82) is 0 Å². The van der Waals surface area contributed by atoms with E-state index in [1.807, 2.05) is 43.0 Å². The van der Waals surface area contributed by atoms with E-state index in [4.69, 9.17) is 4.74 Å². The predicted molar refractivity (Wildman–Crippen MR) is 129 cm³/mol. The Morgan fingerprint density at radius 2 is 2.00 bits per heavy atom. The molecule has 0 bridgehead atoms. The van der Waals surface area contributed by atoms with E-state index in [-0.39, 0.29) is 17.6 Å². The number of nitrogens with one attached hydrogen (secondary N) is 1. The third-order valence-electron chi connectivity index (χ3n) is 5.36. The standard InChI is InChI=1S/C23H31N3O3S2/c1-4-18-8-6-7-13-26(18)21(28)15-30-14-20(27)24-23-25-22(16(3)31-23)17-9-11-19(12-10-17)29-5-2/h9-12,18H,4-8,13-15H2,1-3H3,(H,24,25,27). The Hall–Kier alpha value is -2.06. The van der Waals surface area contributed by atoms with Gasteiger partial charge in [0.15, 0.2) is 5.13 Å². The average Bonchev–Trinajstić information content (AvgIpc) is 3.14. The minimum absolute atomic E-state index is 0.129. The topological polar surface area (TPSA) is 71.5 Å². The Bertz CT molecular complexity index is 883. The van der Waals surface area contributed by atoms with Crippen molar-refractivity contribution >= 4 is 40.0 Å². The van der Waals surface area contributed by atoms with Crippen LogP contribution >= 0.6 is 23.1 Å². The first-order valence-electron chi connectivity index (χ1n) is 10.9. The lowest BCUT2D eigenvalue weighted by atomic mass is 10.0. The SMILES string of the molecule is CCOc1ccc(-c2nc(NC(=O)CSCC(=O)N3CCCCC3CC)sc2C)cc1. The van der Waals surface area contributed by atoms with Gasteiger partial charge in [-0.05, 0) is 63.8 Å². The summed E-state index contributed by atoms with van der Waals surface area (Å²) in [5.41, 5.74) is 1.85. The number of benzene rings is 1. The molecule has 1 aromatic heterocycles. The molecular weight excluding hydrogens is 430 g/mol. The van der Waals surface area contributed by atoms with E-state index in [0.29, 0.717) is 23.5 Å². The lowest BCUT2D eigenvalue weighted by Gasteiger charge is -2.35. The fourth-order valence-corrected chi connectivity index (χ4v) is 5.37. The molecule has 3 rings (SSSR count). The molecule has 8 heteroatoms. The molecule has 2 heterocycles. The fraction of sp³-hybridized carbons (Fsp3) is 0.522. The number of thiazole rings is 1. The quantitative estimate of drug-likeness (QED) is 0.570. The first-order chi connectivity index (χ1) is 15.0. The van der Waals surface area contributed by atoms with Gasteiger partial charge < -0.3 is 15.0 Å². The minimum atomic E-state index is -0.129. The van der Waals surface area contributed by atoms with Gasteiger partial charge in [-0.3, -0.25) is 9.59 Å². The highest BCUT2D eigenvalue weighted by Crippen LogP contribution is 2.31. The van der Waals surface area contributed by atoms with Crippen LogP contribution in [0, 0.1) is 6.92 Å². The number of carbonyl (C=O) groups excluding carboxylic acids is 2. The minimum Gasteiger partial charge on any atom is -0.494 e. The maximum Gasteiger partial charge on any atom is 0.236 e. The molecule has 1 N–H and O–H groups in total. The number of carbonyl (C=O) groups is 2. The average molecular weight is 462 g/mol. The van der Waals surface area contributed by atoms with Crippen molar-refractivity contribution in [2.45, 2.75) is 52.5 Å². The van der Waals surface area contributed by atoms with E-state index in [1.165, 1.54) is 29.5 Å². The molecular formula is C23H31N3O3S2. The van der Waals surface area contributed by atoms with Crippen molar-refractivity contribution < 1.29 is 14.3 Å². The Morgan fingerprint density at radius 1 is 1.23 bits per heavy atom.